The molecule has 0 spiro atoms. The molecule has 1 amide bonds. The second kappa shape index (κ2) is 13.0. The number of ether oxygens (including phenoxy) is 3. The molecule has 39 heavy (non-hydrogen) atoms. The lowest BCUT2D eigenvalue weighted by Crippen LogP contribution is -2.52. The van der Waals surface area contributed by atoms with Crippen LogP contribution < -0.4 is 9.47 Å². The molecule has 9 nitrogen and oxygen atoms in total. The average molecular weight is 545 g/mol. The van der Waals surface area contributed by atoms with Crippen LogP contribution in [0.5, 0.6) is 11.5 Å². The van der Waals surface area contributed by atoms with Gasteiger partial charge in [0.25, 0.3) is 0 Å². The molecule has 0 bridgehead atoms. The molecule has 1 fully saturated rings. The number of carbonyl (C=O) groups is 1. The summed E-state index contributed by atoms with van der Waals surface area (Å²) in [4.78, 5) is 16.2. The van der Waals surface area contributed by atoms with E-state index in [1.165, 1.54) is 12.0 Å². The molecule has 4 rings (SSSR count). The Balaban J connectivity index is 1.42. The lowest BCUT2D eigenvalue weighted by molar-refractivity contribution is -0.138. The van der Waals surface area contributed by atoms with E-state index in [9.17, 15) is 18.7 Å². The van der Waals surface area contributed by atoms with Crippen molar-refractivity contribution in [2.75, 3.05) is 53.1 Å². The molecule has 1 N–H and O–H groups in total. The van der Waals surface area contributed by atoms with Gasteiger partial charge in [-0.2, -0.15) is 5.10 Å². The number of aryl methyl sites for hydroxylation is 1. The number of nitrogens with zero attached hydrogens (tertiary/aromatic N) is 4. The van der Waals surface area contributed by atoms with Gasteiger partial charge in [0.2, 0.25) is 5.91 Å². The van der Waals surface area contributed by atoms with Gasteiger partial charge in [-0.25, -0.2) is 8.78 Å². The molecule has 1 atom stereocenters. The number of aliphatic hydroxyl groups is 1. The van der Waals surface area contributed by atoms with E-state index >= 15 is 0 Å². The summed E-state index contributed by atoms with van der Waals surface area (Å²) in [6.45, 7) is 4.19. The molecular weight excluding hydrogens is 510 g/mol. The number of aromatic nitrogens is 2. The van der Waals surface area contributed by atoms with Crippen LogP contribution >= 0.6 is 0 Å². The van der Waals surface area contributed by atoms with Crippen LogP contribution in [-0.2, 0) is 22.6 Å². The van der Waals surface area contributed by atoms with E-state index < -0.39 is 17.2 Å². The van der Waals surface area contributed by atoms with Gasteiger partial charge in [0.15, 0.2) is 0 Å². The van der Waals surface area contributed by atoms with Gasteiger partial charge in [0.1, 0.15) is 48.6 Å². The molecule has 210 valence electrons. The molecule has 1 saturated heterocycles. The minimum Gasteiger partial charge on any atom is -0.492 e. The van der Waals surface area contributed by atoms with Gasteiger partial charge >= 0.3 is 0 Å². The fourth-order valence-electron chi connectivity index (χ4n) is 4.56. The number of amides is 1. The van der Waals surface area contributed by atoms with Crippen LogP contribution in [0.1, 0.15) is 11.1 Å². The highest BCUT2D eigenvalue weighted by molar-refractivity contribution is 5.77. The SMILES string of the molecule is COCC(=O)N1CCN(Cc2cccc(OCCn3cc(C)cn3)c2)CC(O)(COc2cc(F)cc(F)c2)C1. The van der Waals surface area contributed by atoms with Crippen LogP contribution in [0.3, 0.4) is 0 Å². The van der Waals surface area contributed by atoms with E-state index in [1.807, 2.05) is 47.0 Å². The Morgan fingerprint density at radius 2 is 1.87 bits per heavy atom. The summed E-state index contributed by atoms with van der Waals surface area (Å²) in [6.07, 6.45) is 3.75. The predicted molar refractivity (Wildman–Crippen MR) is 139 cm³/mol. The maximum absolute atomic E-state index is 13.6. The molecule has 1 unspecified atom stereocenters. The van der Waals surface area contributed by atoms with Gasteiger partial charge in [-0.05, 0) is 30.2 Å². The topological polar surface area (TPSA) is 89.3 Å². The summed E-state index contributed by atoms with van der Waals surface area (Å²) in [5.74, 6) is -1.15. The molecule has 1 aliphatic rings. The fraction of sp³-hybridized carbons (Fsp3) is 0.429. The van der Waals surface area contributed by atoms with Gasteiger partial charge < -0.3 is 24.2 Å². The molecule has 3 aromatic rings. The van der Waals surface area contributed by atoms with E-state index in [0.29, 0.717) is 32.8 Å². The minimum absolute atomic E-state index is 0.0143. The van der Waals surface area contributed by atoms with Crippen molar-refractivity contribution < 1.29 is 32.9 Å². The molecule has 0 radical (unpaired) electrons. The monoisotopic (exact) mass is 544 g/mol. The molecule has 1 aliphatic heterocycles. The maximum atomic E-state index is 13.6. The first-order valence-electron chi connectivity index (χ1n) is 12.7. The fourth-order valence-corrected chi connectivity index (χ4v) is 4.56. The first-order chi connectivity index (χ1) is 18.7. The summed E-state index contributed by atoms with van der Waals surface area (Å²) >= 11 is 0. The third-order valence-electron chi connectivity index (χ3n) is 6.31. The van der Waals surface area contributed by atoms with Crippen LogP contribution in [0.25, 0.3) is 0 Å². The summed E-state index contributed by atoms with van der Waals surface area (Å²) in [7, 11) is 1.43. The van der Waals surface area contributed by atoms with Crippen molar-refractivity contribution in [2.45, 2.75) is 25.6 Å². The second-order valence-corrected chi connectivity index (χ2v) is 9.85. The maximum Gasteiger partial charge on any atom is 0.248 e. The summed E-state index contributed by atoms with van der Waals surface area (Å²) in [6, 6.07) is 10.5. The zero-order chi connectivity index (χ0) is 27.8. The molecular formula is C28H34F2N4O5. The molecule has 2 aromatic carbocycles. The van der Waals surface area contributed by atoms with Crippen molar-refractivity contribution >= 4 is 5.91 Å². The number of β-amino-alcohol motifs (C(OH)–C–C–N with tert-alkyl or cyclic N) is 1. The number of halogens is 2. The molecule has 0 saturated carbocycles. The normalized spacial score (nSPS) is 18.1. The molecule has 0 aliphatic carbocycles. The minimum atomic E-state index is -1.50. The van der Waals surface area contributed by atoms with Gasteiger partial charge in [-0.3, -0.25) is 14.4 Å². The Morgan fingerprint density at radius 1 is 1.08 bits per heavy atom. The highest BCUT2D eigenvalue weighted by Gasteiger charge is 2.37. The first kappa shape index (κ1) is 28.5. The largest absolute Gasteiger partial charge is 0.492 e. The smallest absolute Gasteiger partial charge is 0.248 e. The zero-order valence-electron chi connectivity index (χ0n) is 22.2. The van der Waals surface area contributed by atoms with E-state index in [-0.39, 0.29) is 38.0 Å². The second-order valence-electron chi connectivity index (χ2n) is 9.85. The quantitative estimate of drug-likeness (QED) is 0.397. The lowest BCUT2D eigenvalue weighted by Gasteiger charge is -2.33. The number of hydrogen-bond donors (Lipinski definition) is 1. The third kappa shape index (κ3) is 8.47. The van der Waals surface area contributed by atoms with Crippen molar-refractivity contribution in [1.29, 1.82) is 0 Å². The Labute approximate surface area is 226 Å². The zero-order valence-corrected chi connectivity index (χ0v) is 22.2. The van der Waals surface area contributed by atoms with Crippen molar-refractivity contribution in [3.05, 3.63) is 77.6 Å². The van der Waals surface area contributed by atoms with Gasteiger partial charge in [0, 0.05) is 57.7 Å². The Morgan fingerprint density at radius 3 is 2.59 bits per heavy atom. The molecule has 11 heteroatoms. The Bertz CT molecular complexity index is 1240. The third-order valence-corrected chi connectivity index (χ3v) is 6.31. The van der Waals surface area contributed by atoms with Gasteiger partial charge in [-0.1, -0.05) is 12.1 Å². The summed E-state index contributed by atoms with van der Waals surface area (Å²) in [5, 5.41) is 15.8. The van der Waals surface area contributed by atoms with E-state index in [4.69, 9.17) is 14.2 Å². The standard InChI is InChI=1S/C28H34F2N4O5/c1-21-14-31-34(15-21)8-9-38-25-5-3-4-22(10-25)16-32-6-7-33(27(35)17-37-2)19-28(36,18-32)20-39-26-12-23(29)11-24(30)13-26/h3-5,10-15,36H,6-9,16-20H2,1-2H3. The van der Waals surface area contributed by atoms with E-state index in [1.54, 1.807) is 6.20 Å². The average Bonchev–Trinajstić information content (AvgIpc) is 3.21. The lowest BCUT2D eigenvalue weighted by atomic mass is 10.0. The van der Waals surface area contributed by atoms with Crippen molar-refractivity contribution in [1.82, 2.24) is 19.6 Å². The highest BCUT2D eigenvalue weighted by Crippen LogP contribution is 2.22. The molecule has 2 heterocycles. The number of methoxy groups -OCH3 is 1. The van der Waals surface area contributed by atoms with Crippen molar-refractivity contribution in [2.24, 2.45) is 0 Å². The number of hydrogen-bond acceptors (Lipinski definition) is 7. The van der Waals surface area contributed by atoms with Crippen LogP contribution in [0.4, 0.5) is 8.78 Å². The Hall–Kier alpha value is -3.54. The first-order valence-corrected chi connectivity index (χ1v) is 12.7. The highest BCUT2D eigenvalue weighted by atomic mass is 19.1. The van der Waals surface area contributed by atoms with Crippen molar-refractivity contribution in [3.63, 3.8) is 0 Å². The summed E-state index contributed by atoms with van der Waals surface area (Å²) < 4.78 is 45.6. The van der Waals surface area contributed by atoms with E-state index in [0.717, 1.165) is 35.1 Å². The van der Waals surface area contributed by atoms with Crippen molar-refractivity contribution in [3.8, 4) is 11.5 Å². The van der Waals surface area contributed by atoms with Gasteiger partial charge in [-0.15, -0.1) is 0 Å². The predicted octanol–water partition coefficient (Wildman–Crippen LogP) is 2.65. The van der Waals surface area contributed by atoms with Crippen LogP contribution in [-0.4, -0.2) is 89.3 Å². The summed E-state index contributed by atoms with van der Waals surface area (Å²) in [5.41, 5.74) is 0.554. The van der Waals surface area contributed by atoms with Crippen LogP contribution in [0.2, 0.25) is 0 Å². The number of benzene rings is 2. The van der Waals surface area contributed by atoms with Crippen LogP contribution in [0.15, 0.2) is 54.9 Å². The number of rotatable bonds is 11. The van der Waals surface area contributed by atoms with E-state index in [2.05, 4.69) is 5.10 Å². The Kier molecular flexibility index (Phi) is 9.50. The van der Waals surface area contributed by atoms with Gasteiger partial charge in [0.05, 0.1) is 19.3 Å². The number of carbonyl (C=O) groups excluding carboxylic acids is 1. The van der Waals surface area contributed by atoms with Crippen LogP contribution in [0, 0.1) is 18.6 Å². The molecule has 1 aromatic heterocycles.